The summed E-state index contributed by atoms with van der Waals surface area (Å²) in [6.45, 7) is 1.93. The fraction of sp³-hybridized carbons (Fsp3) is 0.217. The number of methoxy groups -OCH3 is 2. The van der Waals surface area contributed by atoms with Crippen molar-refractivity contribution in [1.82, 2.24) is 9.78 Å². The molecule has 0 unspecified atom stereocenters. The highest BCUT2D eigenvalue weighted by Crippen LogP contribution is 2.37. The standard InChI is InChI=1S/C23H22N2O3/c1-15-23(18-9-10-20(27-2)21(14-18)28-3)19-12-17(13-22(26)25(19)24-15)11-16-7-5-4-6-8-16/h4-10,13-14H,11-12H2,1-3H3. The van der Waals surface area contributed by atoms with Gasteiger partial charge in [0.15, 0.2) is 11.5 Å². The van der Waals surface area contributed by atoms with E-state index in [4.69, 9.17) is 9.47 Å². The Bertz CT molecular complexity index is 1060. The molecule has 0 saturated carbocycles. The van der Waals surface area contributed by atoms with Crippen LogP contribution in [-0.2, 0) is 12.8 Å². The molecule has 1 aliphatic heterocycles. The molecule has 2 aromatic carbocycles. The van der Waals surface area contributed by atoms with Crippen LogP contribution < -0.4 is 9.47 Å². The molecule has 0 spiro atoms. The van der Waals surface area contributed by atoms with E-state index in [1.807, 2.05) is 43.3 Å². The summed E-state index contributed by atoms with van der Waals surface area (Å²) in [6.07, 6.45) is 3.15. The molecule has 3 aromatic rings. The van der Waals surface area contributed by atoms with Crippen LogP contribution >= 0.6 is 0 Å². The zero-order chi connectivity index (χ0) is 19.7. The number of allylic oxidation sites excluding steroid dienone is 2. The molecule has 0 atom stereocenters. The lowest BCUT2D eigenvalue weighted by atomic mass is 9.94. The minimum Gasteiger partial charge on any atom is -0.493 e. The third-order valence-electron chi connectivity index (χ3n) is 5.03. The first-order valence-electron chi connectivity index (χ1n) is 9.19. The van der Waals surface area contributed by atoms with Gasteiger partial charge in [-0.15, -0.1) is 0 Å². The van der Waals surface area contributed by atoms with E-state index in [-0.39, 0.29) is 5.91 Å². The number of carbonyl (C=O) groups is 1. The molecule has 4 rings (SSSR count). The summed E-state index contributed by atoms with van der Waals surface area (Å²) in [6, 6.07) is 16.0. The van der Waals surface area contributed by atoms with Crippen molar-refractivity contribution >= 4 is 5.91 Å². The predicted molar refractivity (Wildman–Crippen MR) is 108 cm³/mol. The highest BCUT2D eigenvalue weighted by Gasteiger charge is 2.25. The lowest BCUT2D eigenvalue weighted by molar-refractivity contribution is 0.0945. The molecule has 5 heteroatoms. The van der Waals surface area contributed by atoms with E-state index in [1.165, 1.54) is 10.2 Å². The van der Waals surface area contributed by atoms with E-state index >= 15 is 0 Å². The maximum atomic E-state index is 12.7. The Morgan fingerprint density at radius 1 is 1.04 bits per heavy atom. The van der Waals surface area contributed by atoms with Crippen LogP contribution in [0.3, 0.4) is 0 Å². The van der Waals surface area contributed by atoms with Crippen molar-refractivity contribution in [2.24, 2.45) is 0 Å². The van der Waals surface area contributed by atoms with Crippen LogP contribution in [0.15, 0.2) is 60.2 Å². The van der Waals surface area contributed by atoms with Gasteiger partial charge in [-0.05, 0) is 36.6 Å². The van der Waals surface area contributed by atoms with Crippen molar-refractivity contribution in [1.29, 1.82) is 0 Å². The normalized spacial score (nSPS) is 13.1. The molecule has 28 heavy (non-hydrogen) atoms. The number of ether oxygens (including phenoxy) is 2. The third kappa shape index (κ3) is 3.20. The number of aryl methyl sites for hydroxylation is 1. The molecule has 0 radical (unpaired) electrons. The summed E-state index contributed by atoms with van der Waals surface area (Å²) in [5.74, 6) is 1.23. The second-order valence-corrected chi connectivity index (χ2v) is 6.87. The molecule has 0 saturated heterocycles. The number of rotatable bonds is 5. The minimum atomic E-state index is -0.0954. The van der Waals surface area contributed by atoms with E-state index in [2.05, 4.69) is 17.2 Å². The van der Waals surface area contributed by atoms with Crippen LogP contribution in [0.5, 0.6) is 11.5 Å². The van der Waals surface area contributed by atoms with Crippen LogP contribution in [0.4, 0.5) is 0 Å². The fourth-order valence-electron chi connectivity index (χ4n) is 3.76. The van der Waals surface area contributed by atoms with Crippen molar-refractivity contribution in [2.75, 3.05) is 14.2 Å². The number of benzene rings is 2. The van der Waals surface area contributed by atoms with Gasteiger partial charge in [0.1, 0.15) is 0 Å². The number of nitrogens with zero attached hydrogens (tertiary/aromatic N) is 2. The molecule has 0 amide bonds. The summed E-state index contributed by atoms with van der Waals surface area (Å²) < 4.78 is 12.3. The first-order chi connectivity index (χ1) is 13.6. The first kappa shape index (κ1) is 18.0. The quantitative estimate of drug-likeness (QED) is 0.670. The van der Waals surface area contributed by atoms with Gasteiger partial charge in [-0.3, -0.25) is 4.79 Å². The van der Waals surface area contributed by atoms with E-state index < -0.39 is 0 Å². The average Bonchev–Trinajstić information content (AvgIpc) is 3.04. The van der Waals surface area contributed by atoms with Gasteiger partial charge in [0.05, 0.1) is 25.6 Å². The van der Waals surface area contributed by atoms with Crippen molar-refractivity contribution in [3.8, 4) is 22.6 Å². The largest absolute Gasteiger partial charge is 0.493 e. The number of fused-ring (bicyclic) bond motifs is 1. The molecule has 142 valence electrons. The van der Waals surface area contributed by atoms with E-state index in [0.717, 1.165) is 34.5 Å². The van der Waals surface area contributed by atoms with Gasteiger partial charge in [0.2, 0.25) is 0 Å². The van der Waals surface area contributed by atoms with E-state index in [9.17, 15) is 4.79 Å². The molecule has 1 aliphatic rings. The van der Waals surface area contributed by atoms with Gasteiger partial charge >= 0.3 is 0 Å². The summed E-state index contributed by atoms with van der Waals surface area (Å²) in [5.41, 5.74) is 5.97. The molecular weight excluding hydrogens is 352 g/mol. The molecule has 0 aliphatic carbocycles. The molecule has 0 N–H and O–H groups in total. The van der Waals surface area contributed by atoms with Crippen molar-refractivity contribution in [2.45, 2.75) is 19.8 Å². The van der Waals surface area contributed by atoms with Gasteiger partial charge in [-0.2, -0.15) is 5.10 Å². The van der Waals surface area contributed by atoms with Gasteiger partial charge in [-0.25, -0.2) is 4.68 Å². The Morgan fingerprint density at radius 2 is 1.79 bits per heavy atom. The molecule has 0 fully saturated rings. The Balaban J connectivity index is 1.73. The lowest BCUT2D eigenvalue weighted by Crippen LogP contribution is -2.20. The van der Waals surface area contributed by atoms with Crippen molar-refractivity contribution in [3.63, 3.8) is 0 Å². The second kappa shape index (κ2) is 7.35. The van der Waals surface area contributed by atoms with E-state index in [1.54, 1.807) is 20.3 Å². The fourth-order valence-corrected chi connectivity index (χ4v) is 3.76. The monoisotopic (exact) mass is 374 g/mol. The zero-order valence-electron chi connectivity index (χ0n) is 16.2. The summed E-state index contributed by atoms with van der Waals surface area (Å²) in [7, 11) is 3.23. The maximum Gasteiger partial charge on any atom is 0.271 e. The van der Waals surface area contributed by atoms with Crippen molar-refractivity contribution in [3.05, 3.63) is 77.1 Å². The smallest absolute Gasteiger partial charge is 0.271 e. The number of aromatic nitrogens is 2. The maximum absolute atomic E-state index is 12.7. The van der Waals surface area contributed by atoms with Crippen LogP contribution in [-0.4, -0.2) is 29.9 Å². The Labute approximate surface area is 164 Å². The van der Waals surface area contributed by atoms with E-state index in [0.29, 0.717) is 17.9 Å². The van der Waals surface area contributed by atoms with Gasteiger partial charge in [0, 0.05) is 18.1 Å². The molecule has 2 heterocycles. The molecular formula is C23H22N2O3. The Morgan fingerprint density at radius 3 is 2.50 bits per heavy atom. The minimum absolute atomic E-state index is 0.0954. The predicted octanol–water partition coefficient (Wildman–Crippen LogP) is 4.24. The third-order valence-corrected chi connectivity index (χ3v) is 5.03. The topological polar surface area (TPSA) is 53.4 Å². The van der Waals surface area contributed by atoms with Gasteiger partial charge in [-0.1, -0.05) is 42.0 Å². The Hall–Kier alpha value is -3.34. The van der Waals surface area contributed by atoms with Gasteiger partial charge < -0.3 is 9.47 Å². The zero-order valence-corrected chi connectivity index (χ0v) is 16.2. The van der Waals surface area contributed by atoms with Crippen LogP contribution in [0, 0.1) is 6.92 Å². The van der Waals surface area contributed by atoms with Gasteiger partial charge in [0.25, 0.3) is 5.91 Å². The second-order valence-electron chi connectivity index (χ2n) is 6.87. The van der Waals surface area contributed by atoms with Crippen LogP contribution in [0.25, 0.3) is 11.1 Å². The first-order valence-corrected chi connectivity index (χ1v) is 9.19. The summed E-state index contributed by atoms with van der Waals surface area (Å²) in [4.78, 5) is 12.7. The Kier molecular flexibility index (Phi) is 4.74. The number of hydrogen-bond acceptors (Lipinski definition) is 4. The average molecular weight is 374 g/mol. The molecule has 1 aromatic heterocycles. The SMILES string of the molecule is COc1ccc(-c2c(C)nn3c2CC(Cc2ccccc2)=CC3=O)cc1OC. The summed E-state index contributed by atoms with van der Waals surface area (Å²) in [5, 5.41) is 4.50. The number of hydrogen-bond donors (Lipinski definition) is 0. The molecule has 0 bridgehead atoms. The molecule has 5 nitrogen and oxygen atoms in total. The van der Waals surface area contributed by atoms with Crippen molar-refractivity contribution < 1.29 is 14.3 Å². The van der Waals surface area contributed by atoms with Crippen LogP contribution in [0.2, 0.25) is 0 Å². The highest BCUT2D eigenvalue weighted by atomic mass is 16.5. The summed E-state index contributed by atoms with van der Waals surface area (Å²) >= 11 is 0. The number of carbonyl (C=O) groups excluding carboxylic acids is 1. The highest BCUT2D eigenvalue weighted by molar-refractivity contribution is 5.93. The lowest BCUT2D eigenvalue weighted by Gasteiger charge is -2.16. The van der Waals surface area contributed by atoms with Crippen LogP contribution in [0.1, 0.15) is 21.7 Å².